The van der Waals surface area contributed by atoms with Gasteiger partial charge in [0.1, 0.15) is 17.5 Å². The molecule has 94 valence electrons. The number of carbonyl (C=O) groups excluding carboxylic acids is 1. The Hall–Kier alpha value is -2.94. The maximum Gasteiger partial charge on any atom is 0.236 e. The fourth-order valence-corrected chi connectivity index (χ4v) is 1.50. The molecule has 0 atom stereocenters. The standard InChI is InChI=1S/C13H11N5O/c14-6-10-7-16-12(9-4-2-1-3-5-9)18-13(10)17-8-11(15)19/h1-5,7H,8H2,(H2,15,19)(H,16,17,18). The molecule has 19 heavy (non-hydrogen) atoms. The summed E-state index contributed by atoms with van der Waals surface area (Å²) in [6.45, 7) is -0.0834. The van der Waals surface area contributed by atoms with Crippen LogP contribution in [0.2, 0.25) is 0 Å². The van der Waals surface area contributed by atoms with Crippen molar-refractivity contribution in [3.05, 3.63) is 42.1 Å². The Morgan fingerprint density at radius 2 is 2.11 bits per heavy atom. The molecule has 1 amide bonds. The Bertz CT molecular complexity index is 633. The van der Waals surface area contributed by atoms with Crippen LogP contribution >= 0.6 is 0 Å². The number of aromatic nitrogens is 2. The minimum atomic E-state index is -0.524. The van der Waals surface area contributed by atoms with Crippen LogP contribution in [0.5, 0.6) is 0 Å². The molecular weight excluding hydrogens is 242 g/mol. The van der Waals surface area contributed by atoms with E-state index >= 15 is 0 Å². The molecule has 0 aliphatic carbocycles. The molecule has 0 saturated carbocycles. The lowest BCUT2D eigenvalue weighted by molar-refractivity contribution is -0.116. The summed E-state index contributed by atoms with van der Waals surface area (Å²) in [7, 11) is 0. The van der Waals surface area contributed by atoms with E-state index in [4.69, 9.17) is 11.0 Å². The second kappa shape index (κ2) is 5.60. The monoisotopic (exact) mass is 253 g/mol. The molecule has 1 heterocycles. The molecule has 2 aromatic rings. The number of primary amides is 1. The maximum atomic E-state index is 10.8. The lowest BCUT2D eigenvalue weighted by Gasteiger charge is -2.07. The topological polar surface area (TPSA) is 105 Å². The summed E-state index contributed by atoms with van der Waals surface area (Å²) in [6.07, 6.45) is 1.42. The van der Waals surface area contributed by atoms with Crippen molar-refractivity contribution in [2.45, 2.75) is 0 Å². The average molecular weight is 253 g/mol. The quantitative estimate of drug-likeness (QED) is 0.842. The van der Waals surface area contributed by atoms with Crippen LogP contribution in [0, 0.1) is 11.3 Å². The number of benzene rings is 1. The Labute approximate surface area is 109 Å². The van der Waals surface area contributed by atoms with E-state index in [9.17, 15) is 4.79 Å². The van der Waals surface area contributed by atoms with Gasteiger partial charge in [0.2, 0.25) is 5.91 Å². The molecule has 0 saturated heterocycles. The van der Waals surface area contributed by atoms with Gasteiger partial charge in [-0.3, -0.25) is 4.79 Å². The minimum absolute atomic E-state index is 0.0834. The first-order valence-corrected chi connectivity index (χ1v) is 5.55. The Morgan fingerprint density at radius 3 is 2.74 bits per heavy atom. The van der Waals surface area contributed by atoms with Crippen LogP contribution < -0.4 is 11.1 Å². The van der Waals surface area contributed by atoms with E-state index in [1.165, 1.54) is 6.20 Å². The lowest BCUT2D eigenvalue weighted by atomic mass is 10.2. The number of hydrogen-bond donors (Lipinski definition) is 2. The third kappa shape index (κ3) is 3.04. The largest absolute Gasteiger partial charge is 0.368 e. The number of amides is 1. The highest BCUT2D eigenvalue weighted by molar-refractivity contribution is 5.79. The van der Waals surface area contributed by atoms with Crippen molar-refractivity contribution in [3.8, 4) is 17.5 Å². The molecule has 0 bridgehead atoms. The van der Waals surface area contributed by atoms with E-state index < -0.39 is 5.91 Å². The van der Waals surface area contributed by atoms with Crippen LogP contribution in [-0.4, -0.2) is 22.4 Å². The van der Waals surface area contributed by atoms with E-state index in [1.807, 2.05) is 36.4 Å². The molecule has 0 spiro atoms. The van der Waals surface area contributed by atoms with Crippen molar-refractivity contribution >= 4 is 11.7 Å². The van der Waals surface area contributed by atoms with Gasteiger partial charge in [-0.1, -0.05) is 30.3 Å². The van der Waals surface area contributed by atoms with Gasteiger partial charge in [-0.15, -0.1) is 0 Å². The number of hydrogen-bond acceptors (Lipinski definition) is 5. The lowest BCUT2D eigenvalue weighted by Crippen LogP contribution is -2.22. The molecule has 1 aromatic heterocycles. The molecular formula is C13H11N5O. The van der Waals surface area contributed by atoms with Gasteiger partial charge >= 0.3 is 0 Å². The number of nitrogens with two attached hydrogens (primary N) is 1. The molecule has 0 aliphatic rings. The maximum absolute atomic E-state index is 10.8. The van der Waals surface area contributed by atoms with Gasteiger partial charge < -0.3 is 11.1 Å². The summed E-state index contributed by atoms with van der Waals surface area (Å²) >= 11 is 0. The van der Waals surface area contributed by atoms with Crippen molar-refractivity contribution < 1.29 is 4.79 Å². The first-order chi connectivity index (χ1) is 9.20. The van der Waals surface area contributed by atoms with E-state index in [-0.39, 0.29) is 12.1 Å². The van der Waals surface area contributed by atoms with Gasteiger partial charge in [-0.2, -0.15) is 5.26 Å². The second-order valence-electron chi connectivity index (χ2n) is 3.75. The van der Waals surface area contributed by atoms with Crippen LogP contribution in [0.15, 0.2) is 36.5 Å². The van der Waals surface area contributed by atoms with Gasteiger partial charge in [0.05, 0.1) is 12.7 Å². The summed E-state index contributed by atoms with van der Waals surface area (Å²) in [6, 6.07) is 11.3. The van der Waals surface area contributed by atoms with Crippen molar-refractivity contribution in [1.29, 1.82) is 5.26 Å². The van der Waals surface area contributed by atoms with E-state index in [2.05, 4.69) is 15.3 Å². The highest BCUT2D eigenvalue weighted by Crippen LogP contribution is 2.18. The van der Waals surface area contributed by atoms with Crippen molar-refractivity contribution in [3.63, 3.8) is 0 Å². The SMILES string of the molecule is N#Cc1cnc(-c2ccccc2)nc1NCC(N)=O. The van der Waals surface area contributed by atoms with Crippen molar-refractivity contribution in [1.82, 2.24) is 9.97 Å². The third-order valence-electron chi connectivity index (χ3n) is 2.37. The van der Waals surface area contributed by atoms with Crippen molar-refractivity contribution in [2.24, 2.45) is 5.73 Å². The predicted molar refractivity (Wildman–Crippen MR) is 69.9 cm³/mol. The van der Waals surface area contributed by atoms with Crippen LogP contribution in [0.1, 0.15) is 5.56 Å². The summed E-state index contributed by atoms with van der Waals surface area (Å²) < 4.78 is 0. The molecule has 0 fully saturated rings. The number of nitrogens with one attached hydrogen (secondary N) is 1. The zero-order valence-electron chi connectivity index (χ0n) is 10.00. The number of nitriles is 1. The fourth-order valence-electron chi connectivity index (χ4n) is 1.50. The summed E-state index contributed by atoms with van der Waals surface area (Å²) in [5, 5.41) is 11.7. The Balaban J connectivity index is 2.36. The molecule has 0 aliphatic heterocycles. The predicted octanol–water partition coefficient (Wildman–Crippen LogP) is 0.912. The molecule has 6 heteroatoms. The minimum Gasteiger partial charge on any atom is -0.368 e. The first kappa shape index (κ1) is 12.5. The second-order valence-corrected chi connectivity index (χ2v) is 3.75. The molecule has 2 rings (SSSR count). The van der Waals surface area contributed by atoms with E-state index in [0.29, 0.717) is 11.6 Å². The molecule has 1 aromatic carbocycles. The highest BCUT2D eigenvalue weighted by atomic mass is 16.1. The summed E-state index contributed by atoms with van der Waals surface area (Å²) in [4.78, 5) is 19.1. The number of nitrogens with zero attached hydrogens (tertiary/aromatic N) is 3. The van der Waals surface area contributed by atoms with Gasteiger partial charge in [0.15, 0.2) is 5.82 Å². The fraction of sp³-hybridized carbons (Fsp3) is 0.0769. The van der Waals surface area contributed by atoms with Crippen LogP contribution in [0.25, 0.3) is 11.4 Å². The van der Waals surface area contributed by atoms with Gasteiger partial charge in [0, 0.05) is 5.56 Å². The van der Waals surface area contributed by atoms with Crippen LogP contribution in [0.3, 0.4) is 0 Å². The van der Waals surface area contributed by atoms with E-state index in [1.54, 1.807) is 0 Å². The summed E-state index contributed by atoms with van der Waals surface area (Å²) in [5.41, 5.74) is 6.15. The third-order valence-corrected chi connectivity index (χ3v) is 2.37. The van der Waals surface area contributed by atoms with Crippen molar-refractivity contribution in [2.75, 3.05) is 11.9 Å². The zero-order chi connectivity index (χ0) is 13.7. The van der Waals surface area contributed by atoms with Gasteiger partial charge in [-0.25, -0.2) is 9.97 Å². The number of anilines is 1. The average Bonchev–Trinajstić information content (AvgIpc) is 2.45. The molecule has 0 radical (unpaired) electrons. The normalized spacial score (nSPS) is 9.63. The molecule has 3 N–H and O–H groups in total. The highest BCUT2D eigenvalue weighted by Gasteiger charge is 2.08. The van der Waals surface area contributed by atoms with Gasteiger partial charge in [-0.05, 0) is 0 Å². The van der Waals surface area contributed by atoms with Crippen LogP contribution in [-0.2, 0) is 4.79 Å². The zero-order valence-corrected chi connectivity index (χ0v) is 10.00. The molecule has 0 unspecified atom stereocenters. The van der Waals surface area contributed by atoms with Gasteiger partial charge in [0.25, 0.3) is 0 Å². The molecule has 6 nitrogen and oxygen atoms in total. The Morgan fingerprint density at radius 1 is 1.37 bits per heavy atom. The van der Waals surface area contributed by atoms with Crippen LogP contribution in [0.4, 0.5) is 5.82 Å². The smallest absolute Gasteiger partial charge is 0.236 e. The van der Waals surface area contributed by atoms with E-state index in [0.717, 1.165) is 5.56 Å². The number of rotatable bonds is 4. The number of carbonyl (C=O) groups is 1. The summed E-state index contributed by atoms with van der Waals surface area (Å²) in [5.74, 6) is 0.255. The first-order valence-electron chi connectivity index (χ1n) is 5.55. The Kier molecular flexibility index (Phi) is 3.69.